The highest BCUT2D eigenvalue weighted by molar-refractivity contribution is 9.10. The lowest BCUT2D eigenvalue weighted by Crippen LogP contribution is -3.15. The van der Waals surface area contributed by atoms with E-state index in [9.17, 15) is 17.9 Å². The summed E-state index contributed by atoms with van der Waals surface area (Å²) in [5.74, 6) is 0.214. The molecule has 0 saturated carbocycles. The van der Waals surface area contributed by atoms with Gasteiger partial charge in [-0.2, -0.15) is 4.31 Å². The lowest BCUT2D eigenvalue weighted by atomic mass is 10.3. The van der Waals surface area contributed by atoms with Crippen molar-refractivity contribution in [1.29, 1.82) is 0 Å². The molecule has 3 rings (SSSR count). The van der Waals surface area contributed by atoms with Gasteiger partial charge in [0, 0.05) is 4.47 Å². The molecule has 2 N–H and O–H groups in total. The summed E-state index contributed by atoms with van der Waals surface area (Å²) >= 11 is 3.37. The molecule has 1 aliphatic heterocycles. The van der Waals surface area contributed by atoms with Gasteiger partial charge in [0.1, 0.15) is 30.8 Å². The van der Waals surface area contributed by atoms with Crippen molar-refractivity contribution in [2.24, 2.45) is 0 Å². The van der Waals surface area contributed by atoms with E-state index in [0.717, 1.165) is 21.5 Å². The smallest absolute Gasteiger partial charge is 0.243 e. The van der Waals surface area contributed by atoms with Crippen molar-refractivity contribution in [2.75, 3.05) is 39.3 Å². The summed E-state index contributed by atoms with van der Waals surface area (Å²) in [5, 5.41) is 10.2. The minimum Gasteiger partial charge on any atom is -0.491 e. The van der Waals surface area contributed by atoms with E-state index in [1.807, 2.05) is 24.3 Å². The number of benzene rings is 2. The predicted octanol–water partition coefficient (Wildman–Crippen LogP) is 0.917. The van der Waals surface area contributed by atoms with Gasteiger partial charge in [-0.15, -0.1) is 0 Å². The van der Waals surface area contributed by atoms with Gasteiger partial charge in [0.15, 0.2) is 0 Å². The number of piperazine rings is 1. The molecule has 0 spiro atoms. The Morgan fingerprint density at radius 2 is 1.86 bits per heavy atom. The van der Waals surface area contributed by atoms with Crippen LogP contribution in [0.5, 0.6) is 5.75 Å². The second-order valence-corrected chi connectivity index (χ2v) is 9.59. The second kappa shape index (κ2) is 9.32. The third kappa shape index (κ3) is 5.51. The highest BCUT2D eigenvalue weighted by Gasteiger charge is 2.31. The molecule has 0 radical (unpaired) electrons. The van der Waals surface area contributed by atoms with Crippen molar-refractivity contribution in [2.45, 2.75) is 11.0 Å². The van der Waals surface area contributed by atoms with Gasteiger partial charge in [0.25, 0.3) is 0 Å². The zero-order chi connectivity index (χ0) is 20.1. The van der Waals surface area contributed by atoms with Crippen LogP contribution in [-0.2, 0) is 10.0 Å². The Bertz CT molecular complexity index is 887. The predicted molar refractivity (Wildman–Crippen MR) is 106 cm³/mol. The molecule has 152 valence electrons. The highest BCUT2D eigenvalue weighted by atomic mass is 79.9. The Balaban J connectivity index is 1.47. The summed E-state index contributed by atoms with van der Waals surface area (Å²) in [6.45, 7) is 2.56. The molecule has 0 unspecified atom stereocenters. The summed E-state index contributed by atoms with van der Waals surface area (Å²) in [7, 11) is -3.62. The van der Waals surface area contributed by atoms with Crippen LogP contribution in [0.2, 0.25) is 0 Å². The molecule has 2 aromatic carbocycles. The lowest BCUT2D eigenvalue weighted by Gasteiger charge is -2.32. The van der Waals surface area contributed by atoms with E-state index >= 15 is 0 Å². The van der Waals surface area contributed by atoms with Crippen molar-refractivity contribution in [3.63, 3.8) is 0 Å². The van der Waals surface area contributed by atoms with E-state index in [2.05, 4.69) is 15.9 Å². The van der Waals surface area contributed by atoms with Crippen molar-refractivity contribution in [3.8, 4) is 5.75 Å². The second-order valence-electron chi connectivity index (χ2n) is 6.73. The standard InChI is InChI=1S/C19H22BrFN2O4S/c20-15-2-1-3-18(12-15)27-14-17(24)13-22-8-10-23(11-9-22)28(25,26)19-6-4-16(21)5-7-19/h1-7,12,17,24H,8-11,13-14H2/p+1/t17-/m0/s1. The number of hydrogen-bond donors (Lipinski definition) is 2. The Labute approximate surface area is 172 Å². The molecule has 0 amide bonds. The largest absolute Gasteiger partial charge is 0.491 e. The van der Waals surface area contributed by atoms with Gasteiger partial charge >= 0.3 is 0 Å². The van der Waals surface area contributed by atoms with Crippen LogP contribution >= 0.6 is 15.9 Å². The molecule has 9 heteroatoms. The number of nitrogens with one attached hydrogen (secondary N) is 1. The number of sulfonamides is 1. The normalized spacial score (nSPS) is 17.4. The molecule has 1 saturated heterocycles. The first-order chi connectivity index (χ1) is 13.3. The van der Waals surface area contributed by atoms with Crippen molar-refractivity contribution in [3.05, 3.63) is 58.8 Å². The van der Waals surface area contributed by atoms with Gasteiger partial charge < -0.3 is 14.7 Å². The fourth-order valence-electron chi connectivity index (χ4n) is 3.14. The number of rotatable bonds is 7. The minimum absolute atomic E-state index is 0.0970. The van der Waals surface area contributed by atoms with E-state index < -0.39 is 21.9 Å². The zero-order valence-corrected chi connectivity index (χ0v) is 17.6. The Hall–Kier alpha value is -1.52. The average Bonchev–Trinajstić information content (AvgIpc) is 2.67. The quantitative estimate of drug-likeness (QED) is 0.627. The third-order valence-electron chi connectivity index (χ3n) is 4.64. The highest BCUT2D eigenvalue weighted by Crippen LogP contribution is 2.18. The van der Waals surface area contributed by atoms with Gasteiger partial charge in [-0.25, -0.2) is 12.8 Å². The maximum atomic E-state index is 13.0. The monoisotopic (exact) mass is 473 g/mol. The molecule has 0 aromatic heterocycles. The molecule has 0 aliphatic carbocycles. The molecule has 28 heavy (non-hydrogen) atoms. The van der Waals surface area contributed by atoms with E-state index in [0.29, 0.717) is 38.5 Å². The van der Waals surface area contributed by atoms with Crippen LogP contribution in [0, 0.1) is 5.82 Å². The molecular weight excluding hydrogens is 451 g/mol. The fourth-order valence-corrected chi connectivity index (χ4v) is 4.96. The van der Waals surface area contributed by atoms with Crippen LogP contribution in [0.15, 0.2) is 57.9 Å². The Morgan fingerprint density at radius 3 is 2.50 bits per heavy atom. The summed E-state index contributed by atoms with van der Waals surface area (Å²) < 4.78 is 46.2. The molecular formula is C19H23BrFN2O4S+. The number of aliphatic hydroxyl groups excluding tert-OH is 1. The summed E-state index contributed by atoms with van der Waals surface area (Å²) in [4.78, 5) is 1.22. The number of aliphatic hydroxyl groups is 1. The first-order valence-electron chi connectivity index (χ1n) is 9.00. The number of ether oxygens (including phenoxy) is 1. The summed E-state index contributed by atoms with van der Waals surface area (Å²) in [6, 6.07) is 12.3. The van der Waals surface area contributed by atoms with Crippen LogP contribution in [0.25, 0.3) is 0 Å². The molecule has 0 bridgehead atoms. The number of halogens is 2. The van der Waals surface area contributed by atoms with Crippen molar-refractivity contribution >= 4 is 26.0 Å². The van der Waals surface area contributed by atoms with E-state index in [1.165, 1.54) is 16.4 Å². The van der Waals surface area contributed by atoms with Crippen LogP contribution in [0.3, 0.4) is 0 Å². The molecule has 1 atom stereocenters. The lowest BCUT2D eigenvalue weighted by molar-refractivity contribution is -0.906. The topological polar surface area (TPSA) is 71.3 Å². The number of hydrogen-bond acceptors (Lipinski definition) is 4. The van der Waals surface area contributed by atoms with Gasteiger partial charge in [-0.1, -0.05) is 22.0 Å². The Kier molecular flexibility index (Phi) is 7.05. The first kappa shape index (κ1) is 21.2. The molecule has 2 aromatic rings. The van der Waals surface area contributed by atoms with Crippen molar-refractivity contribution in [1.82, 2.24) is 4.31 Å². The first-order valence-corrected chi connectivity index (χ1v) is 11.2. The van der Waals surface area contributed by atoms with Gasteiger partial charge in [0.05, 0.1) is 31.1 Å². The number of nitrogens with zero attached hydrogens (tertiary/aromatic N) is 1. The molecule has 1 heterocycles. The minimum atomic E-state index is -3.62. The summed E-state index contributed by atoms with van der Waals surface area (Å²) in [6.07, 6.45) is -0.644. The van der Waals surface area contributed by atoms with Crippen molar-refractivity contribution < 1.29 is 27.6 Å². The SMILES string of the molecule is O=S(=O)(c1ccc(F)cc1)N1CC[NH+](C[C@H](O)COc2cccc(Br)c2)CC1. The summed E-state index contributed by atoms with van der Waals surface area (Å²) in [5.41, 5.74) is 0. The Morgan fingerprint density at radius 1 is 1.18 bits per heavy atom. The maximum absolute atomic E-state index is 13.0. The average molecular weight is 474 g/mol. The zero-order valence-electron chi connectivity index (χ0n) is 15.2. The fraction of sp³-hybridized carbons (Fsp3) is 0.368. The van der Waals surface area contributed by atoms with Crippen LogP contribution in [0.4, 0.5) is 4.39 Å². The van der Waals surface area contributed by atoms with E-state index in [1.54, 1.807) is 0 Å². The van der Waals surface area contributed by atoms with Gasteiger partial charge in [-0.05, 0) is 42.5 Å². The van der Waals surface area contributed by atoms with E-state index in [4.69, 9.17) is 4.74 Å². The van der Waals surface area contributed by atoms with Gasteiger partial charge in [0.2, 0.25) is 10.0 Å². The molecule has 1 fully saturated rings. The maximum Gasteiger partial charge on any atom is 0.243 e. The number of quaternary nitrogens is 1. The van der Waals surface area contributed by atoms with Crippen LogP contribution < -0.4 is 9.64 Å². The van der Waals surface area contributed by atoms with Crippen LogP contribution in [0.1, 0.15) is 0 Å². The van der Waals surface area contributed by atoms with Crippen LogP contribution in [-0.4, -0.2) is 63.3 Å². The third-order valence-corrected chi connectivity index (χ3v) is 7.05. The molecule has 1 aliphatic rings. The van der Waals surface area contributed by atoms with E-state index in [-0.39, 0.29) is 11.5 Å². The molecule has 6 nitrogen and oxygen atoms in total. The van der Waals surface area contributed by atoms with Gasteiger partial charge in [-0.3, -0.25) is 0 Å².